The summed E-state index contributed by atoms with van der Waals surface area (Å²) in [6.45, 7) is 0. The van der Waals surface area contributed by atoms with Crippen molar-refractivity contribution >= 4 is 17.6 Å². The van der Waals surface area contributed by atoms with E-state index in [1.165, 1.54) is 0 Å². The van der Waals surface area contributed by atoms with Crippen LogP contribution < -0.4 is 9.46 Å². The maximum Gasteiger partial charge on any atom is 0.119 e. The van der Waals surface area contributed by atoms with Crippen molar-refractivity contribution < 1.29 is 4.74 Å². The number of hydrogen-bond donors (Lipinski definition) is 1. The topological polar surface area (TPSA) is 21.3 Å². The van der Waals surface area contributed by atoms with Crippen LogP contribution in [0.4, 0.5) is 5.69 Å². The van der Waals surface area contributed by atoms with Crippen molar-refractivity contribution in [3.8, 4) is 5.75 Å². The van der Waals surface area contributed by atoms with Crippen LogP contribution in [0.3, 0.4) is 0 Å². The smallest absolute Gasteiger partial charge is 0.119 e. The fourth-order valence-corrected chi connectivity index (χ4v) is 1.15. The predicted octanol–water partition coefficient (Wildman–Crippen LogP) is 2.39. The van der Waals surface area contributed by atoms with Crippen molar-refractivity contribution in [1.82, 2.24) is 0 Å². The summed E-state index contributed by atoms with van der Waals surface area (Å²) in [4.78, 5) is 0. The van der Waals surface area contributed by atoms with Crippen molar-refractivity contribution in [2.24, 2.45) is 0 Å². The van der Waals surface area contributed by atoms with Crippen molar-refractivity contribution in [2.45, 2.75) is 0 Å². The maximum absolute atomic E-state index is 5.01. The van der Waals surface area contributed by atoms with Gasteiger partial charge in [-0.1, -0.05) is 11.9 Å². The summed E-state index contributed by atoms with van der Waals surface area (Å²) in [6, 6.07) is 7.82. The normalized spacial score (nSPS) is 9.27. The molecule has 0 amide bonds. The van der Waals surface area contributed by atoms with Crippen molar-refractivity contribution in [3.63, 3.8) is 0 Å². The Morgan fingerprint density at radius 1 is 1.27 bits per heavy atom. The monoisotopic (exact) mass is 169 g/mol. The van der Waals surface area contributed by atoms with Crippen LogP contribution >= 0.6 is 11.9 Å². The zero-order chi connectivity index (χ0) is 8.10. The Balaban J connectivity index is 2.66. The highest BCUT2D eigenvalue weighted by Gasteiger charge is 1.90. The Kier molecular flexibility index (Phi) is 3.11. The molecule has 0 saturated carbocycles. The van der Waals surface area contributed by atoms with E-state index >= 15 is 0 Å². The van der Waals surface area contributed by atoms with E-state index in [2.05, 4.69) is 4.72 Å². The molecule has 0 fully saturated rings. The van der Waals surface area contributed by atoms with E-state index in [4.69, 9.17) is 4.74 Å². The van der Waals surface area contributed by atoms with Crippen LogP contribution in [0.1, 0.15) is 0 Å². The fourth-order valence-electron chi connectivity index (χ4n) is 0.777. The van der Waals surface area contributed by atoms with Crippen LogP contribution in [-0.2, 0) is 0 Å². The molecule has 2 nitrogen and oxygen atoms in total. The van der Waals surface area contributed by atoms with Gasteiger partial charge in [0, 0.05) is 11.9 Å². The van der Waals surface area contributed by atoms with Crippen LogP contribution in [0.5, 0.6) is 5.75 Å². The molecule has 0 aliphatic carbocycles. The average molecular weight is 169 g/mol. The van der Waals surface area contributed by atoms with Crippen LogP contribution in [0.15, 0.2) is 24.3 Å². The number of anilines is 1. The van der Waals surface area contributed by atoms with Crippen molar-refractivity contribution in [3.05, 3.63) is 24.3 Å². The van der Waals surface area contributed by atoms with Crippen molar-refractivity contribution in [2.75, 3.05) is 18.1 Å². The number of nitrogens with one attached hydrogen (secondary N) is 1. The van der Waals surface area contributed by atoms with Gasteiger partial charge in [0.05, 0.1) is 7.11 Å². The van der Waals surface area contributed by atoms with Gasteiger partial charge in [-0.2, -0.15) is 0 Å². The minimum atomic E-state index is 0.886. The maximum atomic E-state index is 5.01. The molecule has 0 atom stereocenters. The highest BCUT2D eigenvalue weighted by atomic mass is 32.2. The van der Waals surface area contributed by atoms with Gasteiger partial charge in [0.2, 0.25) is 0 Å². The summed E-state index contributed by atoms with van der Waals surface area (Å²) >= 11 is 1.58. The lowest BCUT2D eigenvalue weighted by Crippen LogP contribution is -1.85. The second-order valence-electron chi connectivity index (χ2n) is 2.03. The van der Waals surface area contributed by atoms with E-state index in [1.807, 2.05) is 30.5 Å². The molecule has 1 aromatic carbocycles. The first kappa shape index (κ1) is 8.27. The minimum Gasteiger partial charge on any atom is -0.497 e. The first-order chi connectivity index (χ1) is 5.36. The van der Waals surface area contributed by atoms with E-state index < -0.39 is 0 Å². The lowest BCUT2D eigenvalue weighted by molar-refractivity contribution is 0.415. The second-order valence-corrected chi connectivity index (χ2v) is 2.65. The van der Waals surface area contributed by atoms with Gasteiger partial charge in [-0.25, -0.2) is 0 Å². The standard InChI is InChI=1S/C8H11NOS/c1-10-8-5-3-7(4-6-8)9-11-2/h3-6,9H,1-2H3. The summed E-state index contributed by atoms with van der Waals surface area (Å²) in [6.07, 6.45) is 1.99. The summed E-state index contributed by atoms with van der Waals surface area (Å²) in [5.41, 5.74) is 1.10. The summed E-state index contributed by atoms with van der Waals surface area (Å²) in [5.74, 6) is 0.886. The lowest BCUT2D eigenvalue weighted by atomic mass is 10.3. The summed E-state index contributed by atoms with van der Waals surface area (Å²) in [5, 5.41) is 0. The molecule has 0 unspecified atom stereocenters. The van der Waals surface area contributed by atoms with Gasteiger partial charge < -0.3 is 9.46 Å². The second kappa shape index (κ2) is 4.13. The zero-order valence-corrected chi connectivity index (χ0v) is 7.44. The van der Waals surface area contributed by atoms with Crippen LogP contribution in [0.2, 0.25) is 0 Å². The van der Waals surface area contributed by atoms with Crippen LogP contribution in [-0.4, -0.2) is 13.4 Å². The Morgan fingerprint density at radius 2 is 1.91 bits per heavy atom. The molecule has 0 aliphatic rings. The summed E-state index contributed by atoms with van der Waals surface area (Å²) < 4.78 is 8.13. The molecule has 1 rings (SSSR count). The summed E-state index contributed by atoms with van der Waals surface area (Å²) in [7, 11) is 1.66. The molecule has 60 valence electrons. The predicted molar refractivity (Wildman–Crippen MR) is 50.1 cm³/mol. The van der Waals surface area contributed by atoms with Crippen LogP contribution in [0.25, 0.3) is 0 Å². The number of methoxy groups -OCH3 is 1. The number of benzene rings is 1. The Morgan fingerprint density at radius 3 is 2.36 bits per heavy atom. The Labute approximate surface area is 71.1 Å². The number of ether oxygens (including phenoxy) is 1. The van der Waals surface area contributed by atoms with Gasteiger partial charge in [0.25, 0.3) is 0 Å². The minimum absolute atomic E-state index is 0.886. The number of rotatable bonds is 3. The molecule has 0 aliphatic heterocycles. The van der Waals surface area contributed by atoms with Gasteiger partial charge in [-0.15, -0.1) is 0 Å². The average Bonchev–Trinajstić information content (AvgIpc) is 2.07. The highest BCUT2D eigenvalue weighted by molar-refractivity contribution is 7.99. The molecule has 1 aromatic rings. The molecule has 0 radical (unpaired) electrons. The molecule has 11 heavy (non-hydrogen) atoms. The van der Waals surface area contributed by atoms with Gasteiger partial charge in [-0.3, -0.25) is 0 Å². The fraction of sp³-hybridized carbons (Fsp3) is 0.250. The Hall–Kier alpha value is -0.830. The SMILES string of the molecule is COc1ccc(NSC)cc1. The molecule has 0 aromatic heterocycles. The highest BCUT2D eigenvalue weighted by Crippen LogP contribution is 2.16. The molecule has 0 saturated heterocycles. The third kappa shape index (κ3) is 2.35. The largest absolute Gasteiger partial charge is 0.497 e. The van der Waals surface area contributed by atoms with E-state index in [9.17, 15) is 0 Å². The van der Waals surface area contributed by atoms with Crippen LogP contribution in [0, 0.1) is 0 Å². The first-order valence-electron chi connectivity index (χ1n) is 3.30. The molecule has 0 spiro atoms. The molecular formula is C8H11NOS. The number of hydrogen-bond acceptors (Lipinski definition) is 3. The van der Waals surface area contributed by atoms with Gasteiger partial charge in [0.15, 0.2) is 0 Å². The lowest BCUT2D eigenvalue weighted by Gasteiger charge is -2.02. The third-order valence-electron chi connectivity index (χ3n) is 1.31. The molecular weight excluding hydrogens is 158 g/mol. The Bertz CT molecular complexity index is 210. The van der Waals surface area contributed by atoms with E-state index in [0.717, 1.165) is 11.4 Å². The molecule has 1 N–H and O–H groups in total. The van der Waals surface area contributed by atoms with Gasteiger partial charge in [0.1, 0.15) is 5.75 Å². The third-order valence-corrected chi connectivity index (χ3v) is 1.75. The van der Waals surface area contributed by atoms with E-state index in [-0.39, 0.29) is 0 Å². The van der Waals surface area contributed by atoms with Gasteiger partial charge >= 0.3 is 0 Å². The molecule has 3 heteroatoms. The first-order valence-corrected chi connectivity index (χ1v) is 4.52. The van der Waals surface area contributed by atoms with E-state index in [0.29, 0.717) is 0 Å². The zero-order valence-electron chi connectivity index (χ0n) is 6.63. The molecule has 0 heterocycles. The van der Waals surface area contributed by atoms with Gasteiger partial charge in [-0.05, 0) is 24.3 Å². The van der Waals surface area contributed by atoms with Crippen molar-refractivity contribution in [1.29, 1.82) is 0 Å². The molecule has 0 bridgehead atoms. The van der Waals surface area contributed by atoms with E-state index in [1.54, 1.807) is 19.1 Å². The quantitative estimate of drug-likeness (QED) is 0.702.